The van der Waals surface area contributed by atoms with Crippen LogP contribution in [0.15, 0.2) is 48.5 Å². The Bertz CT molecular complexity index is 766. The third kappa shape index (κ3) is 4.29. The van der Waals surface area contributed by atoms with Crippen LogP contribution in [-0.4, -0.2) is 36.7 Å². The van der Waals surface area contributed by atoms with Crippen molar-refractivity contribution in [2.45, 2.75) is 12.8 Å². The lowest BCUT2D eigenvalue weighted by molar-refractivity contribution is -0.148. The van der Waals surface area contributed by atoms with Crippen molar-refractivity contribution in [3.63, 3.8) is 0 Å². The van der Waals surface area contributed by atoms with Crippen molar-refractivity contribution >= 4 is 23.2 Å². The van der Waals surface area contributed by atoms with Crippen molar-refractivity contribution in [3.05, 3.63) is 65.2 Å². The van der Waals surface area contributed by atoms with Crippen LogP contribution in [0.1, 0.15) is 27.9 Å². The molecule has 0 amide bonds. The Hall–Kier alpha value is -2.95. The summed E-state index contributed by atoms with van der Waals surface area (Å²) in [5.41, 5.74) is 3.37. The molecule has 0 unspecified atom stereocenters. The average Bonchev–Trinajstić information content (AvgIpc) is 2.55. The second kappa shape index (κ2) is 7.55. The van der Waals surface area contributed by atoms with Crippen LogP contribution in [0, 0.1) is 0 Å². The number of carboxylic acid groups (broad SMARTS) is 1. The molecule has 124 valence electrons. The number of rotatable bonds is 7. The lowest BCUT2D eigenvalue weighted by Crippen LogP contribution is -2.18. The SMILES string of the molecule is CN(C)c1ccc(C(=O)CC(=O)C(=O)O)cc1Cc1ccccc1. The number of hydrogen-bond donors (Lipinski definition) is 1. The molecule has 2 rings (SSSR count). The molecule has 0 saturated heterocycles. The third-order valence-corrected chi connectivity index (χ3v) is 3.68. The smallest absolute Gasteiger partial charge is 0.372 e. The molecule has 24 heavy (non-hydrogen) atoms. The topological polar surface area (TPSA) is 74.7 Å². The Kier molecular flexibility index (Phi) is 5.47. The number of carbonyl (C=O) groups is 3. The van der Waals surface area contributed by atoms with Gasteiger partial charge in [0.1, 0.15) is 0 Å². The van der Waals surface area contributed by atoms with Gasteiger partial charge in [-0.25, -0.2) is 4.79 Å². The fourth-order valence-corrected chi connectivity index (χ4v) is 2.48. The third-order valence-electron chi connectivity index (χ3n) is 3.68. The zero-order valence-electron chi connectivity index (χ0n) is 13.7. The molecular formula is C19H19NO4. The molecule has 1 N–H and O–H groups in total. The first-order valence-electron chi connectivity index (χ1n) is 7.52. The molecule has 0 aromatic heterocycles. The van der Waals surface area contributed by atoms with E-state index in [0.29, 0.717) is 12.0 Å². The summed E-state index contributed by atoms with van der Waals surface area (Å²) in [6.45, 7) is 0. The highest BCUT2D eigenvalue weighted by Gasteiger charge is 2.19. The number of hydrogen-bond acceptors (Lipinski definition) is 4. The van der Waals surface area contributed by atoms with Crippen molar-refractivity contribution in [2.24, 2.45) is 0 Å². The molecule has 0 aliphatic rings. The summed E-state index contributed by atoms with van der Waals surface area (Å²) < 4.78 is 0. The minimum atomic E-state index is -1.59. The Morgan fingerprint density at radius 3 is 2.25 bits per heavy atom. The van der Waals surface area contributed by atoms with Crippen molar-refractivity contribution in [3.8, 4) is 0 Å². The second-order valence-electron chi connectivity index (χ2n) is 5.73. The van der Waals surface area contributed by atoms with Crippen LogP contribution >= 0.6 is 0 Å². The van der Waals surface area contributed by atoms with Gasteiger partial charge in [0.2, 0.25) is 5.78 Å². The molecule has 0 aliphatic carbocycles. The fourth-order valence-electron chi connectivity index (χ4n) is 2.48. The van der Waals surface area contributed by atoms with E-state index in [0.717, 1.165) is 16.8 Å². The van der Waals surface area contributed by atoms with E-state index in [2.05, 4.69) is 0 Å². The maximum Gasteiger partial charge on any atom is 0.372 e. The molecular weight excluding hydrogens is 306 g/mol. The molecule has 0 heterocycles. The van der Waals surface area contributed by atoms with Crippen LogP contribution < -0.4 is 4.90 Å². The Morgan fingerprint density at radius 2 is 1.67 bits per heavy atom. The molecule has 0 spiro atoms. The highest BCUT2D eigenvalue weighted by molar-refractivity contribution is 6.37. The molecule has 0 aliphatic heterocycles. The first-order valence-corrected chi connectivity index (χ1v) is 7.52. The van der Waals surface area contributed by atoms with Gasteiger partial charge in [-0.3, -0.25) is 9.59 Å². The maximum absolute atomic E-state index is 12.1. The molecule has 0 radical (unpaired) electrons. The molecule has 0 bridgehead atoms. The van der Waals surface area contributed by atoms with Gasteiger partial charge in [0.15, 0.2) is 5.78 Å². The average molecular weight is 325 g/mol. The van der Waals surface area contributed by atoms with E-state index in [9.17, 15) is 14.4 Å². The van der Waals surface area contributed by atoms with Gasteiger partial charge in [0.25, 0.3) is 0 Å². The van der Waals surface area contributed by atoms with E-state index < -0.39 is 24.0 Å². The van der Waals surface area contributed by atoms with Gasteiger partial charge in [-0.1, -0.05) is 30.3 Å². The largest absolute Gasteiger partial charge is 0.475 e. The first-order chi connectivity index (χ1) is 11.4. The van der Waals surface area contributed by atoms with Crippen LogP contribution in [0.2, 0.25) is 0 Å². The highest BCUT2D eigenvalue weighted by atomic mass is 16.4. The minimum absolute atomic E-state index is 0.348. The number of carbonyl (C=O) groups excluding carboxylic acids is 2. The van der Waals surface area contributed by atoms with Crippen molar-refractivity contribution in [1.82, 2.24) is 0 Å². The lowest BCUT2D eigenvalue weighted by Gasteiger charge is -2.18. The maximum atomic E-state index is 12.1. The number of nitrogens with zero attached hydrogens (tertiary/aromatic N) is 1. The summed E-state index contributed by atoms with van der Waals surface area (Å²) in [6, 6.07) is 15.0. The fraction of sp³-hybridized carbons (Fsp3) is 0.211. The van der Waals surface area contributed by atoms with Crippen LogP contribution in [0.3, 0.4) is 0 Å². The molecule has 0 fully saturated rings. The van der Waals surface area contributed by atoms with E-state index in [1.807, 2.05) is 55.4 Å². The molecule has 0 saturated carbocycles. The van der Waals surface area contributed by atoms with Gasteiger partial charge in [-0.05, 0) is 35.7 Å². The Labute approximate surface area is 140 Å². The summed E-state index contributed by atoms with van der Waals surface area (Å²) in [5.74, 6) is -3.17. The van der Waals surface area contributed by atoms with Crippen LogP contribution in [0.4, 0.5) is 5.69 Å². The quantitative estimate of drug-likeness (QED) is 0.481. The first kappa shape index (κ1) is 17.4. The van der Waals surface area contributed by atoms with Gasteiger partial charge in [0, 0.05) is 25.3 Å². The minimum Gasteiger partial charge on any atom is -0.475 e. The summed E-state index contributed by atoms with van der Waals surface area (Å²) in [6.07, 6.45) is 0.0176. The predicted octanol–water partition coefficient (Wildman–Crippen LogP) is 2.57. The summed E-state index contributed by atoms with van der Waals surface area (Å²) in [4.78, 5) is 36.0. The van der Waals surface area contributed by atoms with E-state index in [-0.39, 0.29) is 0 Å². The number of anilines is 1. The molecule has 0 atom stereocenters. The van der Waals surface area contributed by atoms with Crippen LogP contribution in [0.5, 0.6) is 0 Å². The highest BCUT2D eigenvalue weighted by Crippen LogP contribution is 2.24. The summed E-state index contributed by atoms with van der Waals surface area (Å²) >= 11 is 0. The number of ketones is 2. The number of aliphatic carboxylic acids is 1. The normalized spacial score (nSPS) is 10.2. The van der Waals surface area contributed by atoms with E-state index in [1.54, 1.807) is 12.1 Å². The Balaban J connectivity index is 2.32. The standard InChI is InChI=1S/C19H19NO4/c1-20(2)16-9-8-14(17(21)12-18(22)19(23)24)11-15(16)10-13-6-4-3-5-7-13/h3-9,11H,10,12H2,1-2H3,(H,23,24). The van der Waals surface area contributed by atoms with Crippen molar-refractivity contribution in [2.75, 3.05) is 19.0 Å². The monoisotopic (exact) mass is 325 g/mol. The van der Waals surface area contributed by atoms with Gasteiger partial charge < -0.3 is 10.0 Å². The van der Waals surface area contributed by atoms with Gasteiger partial charge in [0.05, 0.1) is 6.42 Å². The Morgan fingerprint density at radius 1 is 1.00 bits per heavy atom. The number of benzene rings is 2. The van der Waals surface area contributed by atoms with Gasteiger partial charge >= 0.3 is 5.97 Å². The van der Waals surface area contributed by atoms with Gasteiger partial charge in [-0.15, -0.1) is 0 Å². The summed E-state index contributed by atoms with van der Waals surface area (Å²) in [5, 5.41) is 8.64. The van der Waals surface area contributed by atoms with E-state index in [1.165, 1.54) is 0 Å². The van der Waals surface area contributed by atoms with Gasteiger partial charge in [-0.2, -0.15) is 0 Å². The summed E-state index contributed by atoms with van der Waals surface area (Å²) in [7, 11) is 3.83. The van der Waals surface area contributed by atoms with Crippen LogP contribution in [0.25, 0.3) is 0 Å². The molecule has 2 aromatic carbocycles. The molecule has 5 heteroatoms. The van der Waals surface area contributed by atoms with Crippen molar-refractivity contribution in [1.29, 1.82) is 0 Å². The van der Waals surface area contributed by atoms with E-state index >= 15 is 0 Å². The van der Waals surface area contributed by atoms with Crippen LogP contribution in [-0.2, 0) is 16.0 Å². The lowest BCUT2D eigenvalue weighted by atomic mass is 9.97. The second-order valence-corrected chi connectivity index (χ2v) is 5.73. The predicted molar refractivity (Wildman–Crippen MR) is 91.6 cm³/mol. The van der Waals surface area contributed by atoms with E-state index in [4.69, 9.17) is 5.11 Å². The zero-order valence-corrected chi connectivity index (χ0v) is 13.7. The molecule has 5 nitrogen and oxygen atoms in total. The zero-order chi connectivity index (χ0) is 17.7. The number of Topliss-reactive ketones (excluding diaryl/α,β-unsaturated/α-hetero) is 2. The molecule has 2 aromatic rings. The van der Waals surface area contributed by atoms with Crippen molar-refractivity contribution < 1.29 is 19.5 Å². The number of carboxylic acids is 1.